The molecule has 0 saturated heterocycles. The van der Waals surface area contributed by atoms with Gasteiger partial charge in [-0.2, -0.15) is 0 Å². The number of fused-ring (bicyclic) bond motifs is 1. The van der Waals surface area contributed by atoms with Crippen molar-refractivity contribution in [3.8, 4) is 23.0 Å². The molecule has 0 aliphatic carbocycles. The average molecular weight is 376 g/mol. The fourth-order valence-electron chi connectivity index (χ4n) is 2.55. The Hall–Kier alpha value is -3.42. The van der Waals surface area contributed by atoms with Crippen LogP contribution in [0.15, 0.2) is 24.3 Å². The van der Waals surface area contributed by atoms with Gasteiger partial charge in [0.25, 0.3) is 0 Å². The number of benzene rings is 2. The lowest BCUT2D eigenvalue weighted by molar-refractivity contribution is -0.127. The molecule has 8 heteroatoms. The van der Waals surface area contributed by atoms with Gasteiger partial charge in [-0.05, 0) is 49.2 Å². The maximum Gasteiger partial charge on any atom is 0.349 e. The largest absolute Gasteiger partial charge is 0.507 e. The van der Waals surface area contributed by atoms with Crippen molar-refractivity contribution in [2.45, 2.75) is 33.5 Å². The fourth-order valence-corrected chi connectivity index (χ4v) is 2.55. The first-order chi connectivity index (χ1) is 12.4. The molecule has 0 aromatic heterocycles. The van der Waals surface area contributed by atoms with Gasteiger partial charge in [0.15, 0.2) is 0 Å². The third-order valence-electron chi connectivity index (χ3n) is 3.58. The Labute approximate surface area is 155 Å². The molecule has 0 bridgehead atoms. The SMILES string of the molecule is Cc1cc(O)c(C(=O)O)c(O)c1.Cc1cc(O)c2c(c1)OC(C)(C)OC2=O. The fraction of sp³-hybridized carbons (Fsp3) is 0.263. The second-order valence-electron chi connectivity index (χ2n) is 6.53. The predicted octanol–water partition coefficient (Wildman–Crippen LogP) is 3.09. The Morgan fingerprint density at radius 2 is 1.37 bits per heavy atom. The summed E-state index contributed by atoms with van der Waals surface area (Å²) >= 11 is 0. The summed E-state index contributed by atoms with van der Waals surface area (Å²) in [6.07, 6.45) is 0. The van der Waals surface area contributed by atoms with Crippen LogP contribution in [0, 0.1) is 13.8 Å². The summed E-state index contributed by atoms with van der Waals surface area (Å²) in [6, 6.07) is 5.77. The van der Waals surface area contributed by atoms with Gasteiger partial charge in [-0.3, -0.25) is 0 Å². The van der Waals surface area contributed by atoms with Gasteiger partial charge in [0.2, 0.25) is 5.79 Å². The normalized spacial score (nSPS) is 14.1. The topological polar surface area (TPSA) is 134 Å². The molecule has 3 rings (SSSR count). The van der Waals surface area contributed by atoms with Crippen LogP contribution in [-0.4, -0.2) is 38.2 Å². The number of hydrogen-bond acceptors (Lipinski definition) is 7. The number of carboxylic acids is 1. The number of aromatic hydroxyl groups is 3. The Bertz CT molecular complexity index is 891. The Kier molecular flexibility index (Phi) is 5.21. The van der Waals surface area contributed by atoms with Gasteiger partial charge in [-0.25, -0.2) is 9.59 Å². The number of cyclic esters (lactones) is 1. The smallest absolute Gasteiger partial charge is 0.349 e. The van der Waals surface area contributed by atoms with Crippen LogP contribution in [0.25, 0.3) is 0 Å². The number of rotatable bonds is 1. The number of phenols is 3. The zero-order chi connectivity index (χ0) is 20.5. The van der Waals surface area contributed by atoms with E-state index in [1.165, 1.54) is 18.2 Å². The van der Waals surface area contributed by atoms with Crippen molar-refractivity contribution in [2.24, 2.45) is 0 Å². The molecule has 8 nitrogen and oxygen atoms in total. The molecular formula is C19H20O8. The number of esters is 1. The molecule has 0 radical (unpaired) electrons. The lowest BCUT2D eigenvalue weighted by atomic mass is 10.1. The molecule has 0 spiro atoms. The molecule has 0 fully saturated rings. The molecule has 27 heavy (non-hydrogen) atoms. The number of aryl methyl sites for hydroxylation is 2. The van der Waals surface area contributed by atoms with E-state index in [9.17, 15) is 14.7 Å². The van der Waals surface area contributed by atoms with Crippen LogP contribution in [0.1, 0.15) is 45.7 Å². The standard InChI is InChI=1S/C11H12O4.C8H8O4/c1-6-4-7(12)9-8(5-6)14-11(2,3)15-10(9)13;1-4-2-5(9)7(8(11)12)6(10)3-4/h4-5,12H,1-3H3;2-3,9-10H,1H3,(H,11,12). The first kappa shape index (κ1) is 19.9. The monoisotopic (exact) mass is 376 g/mol. The van der Waals surface area contributed by atoms with E-state index in [-0.39, 0.29) is 11.3 Å². The molecule has 1 heterocycles. The first-order valence-electron chi connectivity index (χ1n) is 7.93. The van der Waals surface area contributed by atoms with Crippen molar-refractivity contribution in [1.29, 1.82) is 0 Å². The maximum absolute atomic E-state index is 11.6. The molecule has 1 aliphatic rings. The highest BCUT2D eigenvalue weighted by molar-refractivity contribution is 5.96. The zero-order valence-electron chi connectivity index (χ0n) is 15.2. The van der Waals surface area contributed by atoms with Gasteiger partial charge >= 0.3 is 11.9 Å². The van der Waals surface area contributed by atoms with E-state index < -0.39 is 34.8 Å². The van der Waals surface area contributed by atoms with Crippen molar-refractivity contribution in [3.63, 3.8) is 0 Å². The second kappa shape index (κ2) is 7.06. The number of aromatic carboxylic acids is 1. The highest BCUT2D eigenvalue weighted by Gasteiger charge is 2.35. The summed E-state index contributed by atoms with van der Waals surface area (Å²) < 4.78 is 10.4. The van der Waals surface area contributed by atoms with E-state index in [1.54, 1.807) is 26.8 Å². The summed E-state index contributed by atoms with van der Waals surface area (Å²) in [7, 11) is 0. The van der Waals surface area contributed by atoms with Crippen LogP contribution < -0.4 is 4.74 Å². The van der Waals surface area contributed by atoms with Gasteiger partial charge in [0.05, 0.1) is 0 Å². The molecule has 2 aromatic carbocycles. The van der Waals surface area contributed by atoms with E-state index in [1.807, 2.05) is 6.92 Å². The average Bonchev–Trinajstić information content (AvgIpc) is 2.42. The molecule has 2 aromatic rings. The number of carboxylic acid groups (broad SMARTS) is 1. The van der Waals surface area contributed by atoms with Crippen LogP contribution in [0.2, 0.25) is 0 Å². The van der Waals surface area contributed by atoms with E-state index in [4.69, 9.17) is 24.8 Å². The first-order valence-corrected chi connectivity index (χ1v) is 7.93. The van der Waals surface area contributed by atoms with Crippen LogP contribution in [0.4, 0.5) is 0 Å². The minimum Gasteiger partial charge on any atom is -0.507 e. The van der Waals surface area contributed by atoms with Gasteiger partial charge in [0, 0.05) is 13.8 Å². The lowest BCUT2D eigenvalue weighted by Gasteiger charge is -2.31. The molecule has 144 valence electrons. The molecule has 4 N–H and O–H groups in total. The van der Waals surface area contributed by atoms with Crippen molar-refractivity contribution in [1.82, 2.24) is 0 Å². The van der Waals surface area contributed by atoms with Gasteiger partial charge < -0.3 is 29.9 Å². The van der Waals surface area contributed by atoms with E-state index in [0.717, 1.165) is 5.56 Å². The predicted molar refractivity (Wildman–Crippen MR) is 94.4 cm³/mol. The van der Waals surface area contributed by atoms with E-state index in [2.05, 4.69) is 0 Å². The molecule has 0 atom stereocenters. The van der Waals surface area contributed by atoms with Crippen molar-refractivity contribution in [2.75, 3.05) is 0 Å². The van der Waals surface area contributed by atoms with Gasteiger partial charge in [-0.15, -0.1) is 0 Å². The van der Waals surface area contributed by atoms with Gasteiger partial charge in [0.1, 0.15) is 34.1 Å². The Morgan fingerprint density at radius 3 is 1.89 bits per heavy atom. The number of hydrogen-bond donors (Lipinski definition) is 4. The summed E-state index contributed by atoms with van der Waals surface area (Å²) in [6.45, 7) is 6.75. The quantitative estimate of drug-likeness (QED) is 0.558. The minimum atomic E-state index is -1.34. The zero-order valence-corrected chi connectivity index (χ0v) is 15.2. The molecular weight excluding hydrogens is 356 g/mol. The summed E-state index contributed by atoms with van der Waals surface area (Å²) in [5, 5.41) is 36.3. The Balaban J connectivity index is 0.000000199. The summed E-state index contributed by atoms with van der Waals surface area (Å²) in [5.41, 5.74) is 1.08. The van der Waals surface area contributed by atoms with E-state index >= 15 is 0 Å². The van der Waals surface area contributed by atoms with Crippen LogP contribution in [0.5, 0.6) is 23.0 Å². The third kappa shape index (κ3) is 4.41. The number of phenolic OH excluding ortho intramolecular Hbond substituents is 1. The molecule has 0 saturated carbocycles. The Morgan fingerprint density at radius 1 is 0.889 bits per heavy atom. The molecule has 1 aliphatic heterocycles. The third-order valence-corrected chi connectivity index (χ3v) is 3.58. The van der Waals surface area contributed by atoms with Gasteiger partial charge in [-0.1, -0.05) is 0 Å². The summed E-state index contributed by atoms with van der Waals surface area (Å²) in [5.74, 6) is -3.45. The second-order valence-corrected chi connectivity index (χ2v) is 6.53. The number of carbonyl (C=O) groups excluding carboxylic acids is 1. The van der Waals surface area contributed by atoms with Crippen LogP contribution in [-0.2, 0) is 4.74 Å². The van der Waals surface area contributed by atoms with Crippen molar-refractivity contribution < 1.29 is 39.5 Å². The van der Waals surface area contributed by atoms with E-state index in [0.29, 0.717) is 11.3 Å². The molecule has 0 unspecified atom stereocenters. The van der Waals surface area contributed by atoms with Crippen LogP contribution in [0.3, 0.4) is 0 Å². The maximum atomic E-state index is 11.6. The van der Waals surface area contributed by atoms with Crippen molar-refractivity contribution >= 4 is 11.9 Å². The minimum absolute atomic E-state index is 0.0972. The van der Waals surface area contributed by atoms with Crippen molar-refractivity contribution in [3.05, 3.63) is 46.5 Å². The number of ether oxygens (including phenoxy) is 2. The summed E-state index contributed by atoms with van der Waals surface area (Å²) in [4.78, 5) is 22.0. The highest BCUT2D eigenvalue weighted by atomic mass is 16.7. The number of carbonyl (C=O) groups is 2. The lowest BCUT2D eigenvalue weighted by Crippen LogP contribution is -2.38. The highest BCUT2D eigenvalue weighted by Crippen LogP contribution is 2.37. The molecule has 0 amide bonds. The van der Waals surface area contributed by atoms with Crippen LogP contribution >= 0.6 is 0 Å².